The van der Waals surface area contributed by atoms with Crippen molar-refractivity contribution < 1.29 is 5.11 Å². The summed E-state index contributed by atoms with van der Waals surface area (Å²) >= 11 is 4.30. The van der Waals surface area contributed by atoms with Crippen molar-refractivity contribution in [3.05, 3.63) is 96.1 Å². The molecule has 6 nitrogen and oxygen atoms in total. The lowest BCUT2D eigenvalue weighted by molar-refractivity contribution is 0.0946. The molecule has 7 heteroatoms. The van der Waals surface area contributed by atoms with Crippen molar-refractivity contribution in [3.8, 4) is 0 Å². The van der Waals surface area contributed by atoms with Crippen molar-refractivity contribution >= 4 is 45.5 Å². The Morgan fingerprint density at radius 1 is 0.947 bits per heavy atom. The zero-order chi connectivity index (χ0) is 27.4. The molecule has 4 aromatic rings. The Morgan fingerprint density at radius 2 is 1.50 bits per heavy atom. The Kier molecular flexibility index (Phi) is 10.8. The average molecular weight is 528 g/mol. The molecular formula is C31H37N5OS. The smallest absolute Gasteiger partial charge is 0.155 e. The van der Waals surface area contributed by atoms with Crippen LogP contribution in [0.2, 0.25) is 0 Å². The fraction of sp³-hybridized carbons (Fsp3) is 0.290. The Balaban J connectivity index is 0.000000599. The van der Waals surface area contributed by atoms with Crippen LogP contribution in [0.1, 0.15) is 38.3 Å². The molecule has 0 amide bonds. The number of nitrogens with zero attached hydrogens (tertiary/aromatic N) is 3. The van der Waals surface area contributed by atoms with Gasteiger partial charge in [0.05, 0.1) is 27.7 Å². The minimum Gasteiger partial charge on any atom is -0.394 e. The number of hydrogen-bond acceptors (Lipinski definition) is 7. The van der Waals surface area contributed by atoms with Crippen molar-refractivity contribution in [1.29, 1.82) is 0 Å². The molecule has 38 heavy (non-hydrogen) atoms. The number of aromatic nitrogens is 1. The number of para-hydroxylation sites is 1. The van der Waals surface area contributed by atoms with Crippen LogP contribution in [0.4, 0.5) is 17.2 Å². The third-order valence-electron chi connectivity index (χ3n) is 5.74. The van der Waals surface area contributed by atoms with Gasteiger partial charge in [0.1, 0.15) is 0 Å². The van der Waals surface area contributed by atoms with Crippen LogP contribution < -0.4 is 16.0 Å². The Labute approximate surface area is 231 Å². The van der Waals surface area contributed by atoms with Crippen molar-refractivity contribution in [1.82, 2.24) is 4.98 Å². The van der Waals surface area contributed by atoms with Gasteiger partial charge in [0.25, 0.3) is 0 Å². The number of rotatable bonds is 10. The van der Waals surface area contributed by atoms with E-state index < -0.39 is 5.60 Å². The summed E-state index contributed by atoms with van der Waals surface area (Å²) in [6.07, 6.45) is 1.06. The Hall–Kier alpha value is -3.77. The van der Waals surface area contributed by atoms with Gasteiger partial charge in [-0.1, -0.05) is 85.8 Å². The van der Waals surface area contributed by atoms with Gasteiger partial charge in [-0.15, -0.1) is 0 Å². The van der Waals surface area contributed by atoms with Gasteiger partial charge in [0.2, 0.25) is 0 Å². The van der Waals surface area contributed by atoms with Crippen LogP contribution in [0.25, 0.3) is 10.9 Å². The zero-order valence-electron chi connectivity index (χ0n) is 22.4. The number of pyridine rings is 1. The minimum absolute atomic E-state index is 0.377. The summed E-state index contributed by atoms with van der Waals surface area (Å²) in [5.41, 5.74) is 10.5. The van der Waals surface area contributed by atoms with Gasteiger partial charge in [-0.3, -0.25) is 0 Å². The first-order valence-electron chi connectivity index (χ1n) is 12.8. The predicted octanol–water partition coefficient (Wildman–Crippen LogP) is 6.71. The second-order valence-electron chi connectivity index (χ2n) is 9.71. The standard InChI is InChI=1S/C27H30N4O.C4H7NS/c1-27(2,32)19-29-25-22-15-9-10-16-23(22)30-26(24(25)28)31(17-20-11-5-3-6-12-20)18-21-13-7-4-8-14-21;1-2-3-5-4-6/h3-16,32H,17-19,28H2,1-2H3,(H,29,30);2-3H2,1H3. The first-order chi connectivity index (χ1) is 18.3. The van der Waals surface area contributed by atoms with Crippen molar-refractivity contribution in [3.63, 3.8) is 0 Å². The molecule has 0 spiro atoms. The highest BCUT2D eigenvalue weighted by Crippen LogP contribution is 2.37. The molecule has 0 bridgehead atoms. The van der Waals surface area contributed by atoms with Gasteiger partial charge in [0, 0.05) is 31.6 Å². The summed E-state index contributed by atoms with van der Waals surface area (Å²) in [7, 11) is 0. The summed E-state index contributed by atoms with van der Waals surface area (Å²) < 4.78 is 0. The van der Waals surface area contributed by atoms with Crippen LogP contribution in [0, 0.1) is 0 Å². The number of aliphatic hydroxyl groups is 1. The minimum atomic E-state index is -0.870. The summed E-state index contributed by atoms with van der Waals surface area (Å²) in [4.78, 5) is 10.8. The molecule has 0 aliphatic heterocycles. The lowest BCUT2D eigenvalue weighted by Gasteiger charge is -2.28. The number of benzene rings is 3. The van der Waals surface area contributed by atoms with E-state index in [2.05, 4.69) is 63.8 Å². The number of isothiocyanates is 1. The number of fused-ring (bicyclic) bond motifs is 1. The van der Waals surface area contributed by atoms with Crippen molar-refractivity contribution in [2.75, 3.05) is 29.0 Å². The van der Waals surface area contributed by atoms with Gasteiger partial charge < -0.3 is 21.1 Å². The normalized spacial score (nSPS) is 10.7. The molecule has 198 valence electrons. The van der Waals surface area contributed by atoms with Crippen LogP contribution in [0.5, 0.6) is 0 Å². The largest absolute Gasteiger partial charge is 0.394 e. The molecule has 1 heterocycles. The Morgan fingerprint density at radius 3 is 2.00 bits per heavy atom. The van der Waals surface area contributed by atoms with Crippen molar-refractivity contribution in [2.45, 2.75) is 45.9 Å². The quantitative estimate of drug-likeness (QED) is 0.157. The Bertz CT molecular complexity index is 1290. The molecule has 0 saturated heterocycles. The fourth-order valence-electron chi connectivity index (χ4n) is 3.92. The molecule has 0 atom stereocenters. The van der Waals surface area contributed by atoms with E-state index in [0.29, 0.717) is 25.3 Å². The highest BCUT2D eigenvalue weighted by molar-refractivity contribution is 7.78. The van der Waals surface area contributed by atoms with E-state index >= 15 is 0 Å². The molecular weight excluding hydrogens is 490 g/mol. The third kappa shape index (κ3) is 8.67. The third-order valence-corrected chi connectivity index (χ3v) is 5.87. The number of hydrogen-bond donors (Lipinski definition) is 3. The van der Waals surface area contributed by atoms with Crippen LogP contribution in [0.3, 0.4) is 0 Å². The second kappa shape index (κ2) is 14.2. The highest BCUT2D eigenvalue weighted by Gasteiger charge is 2.20. The maximum absolute atomic E-state index is 10.3. The summed E-state index contributed by atoms with van der Waals surface area (Å²) in [6, 6.07) is 28.6. The summed E-state index contributed by atoms with van der Waals surface area (Å²) in [6.45, 7) is 8.16. The van der Waals surface area contributed by atoms with E-state index in [1.165, 1.54) is 11.1 Å². The lowest BCUT2D eigenvalue weighted by Crippen LogP contribution is -2.30. The molecule has 0 saturated carbocycles. The maximum atomic E-state index is 10.3. The van der Waals surface area contributed by atoms with E-state index in [1.54, 1.807) is 13.8 Å². The summed E-state index contributed by atoms with van der Waals surface area (Å²) in [5.74, 6) is 0.731. The molecule has 0 unspecified atom stereocenters. The molecule has 4 N–H and O–H groups in total. The van der Waals surface area contributed by atoms with E-state index in [0.717, 1.165) is 35.4 Å². The molecule has 3 aromatic carbocycles. The van der Waals surface area contributed by atoms with E-state index in [-0.39, 0.29) is 0 Å². The number of nitrogen functional groups attached to an aromatic ring is 1. The first-order valence-corrected chi connectivity index (χ1v) is 13.2. The molecule has 1 aromatic heterocycles. The molecule has 0 radical (unpaired) electrons. The fourth-order valence-corrected chi connectivity index (χ4v) is 4.01. The molecule has 0 aliphatic rings. The number of anilines is 3. The zero-order valence-corrected chi connectivity index (χ0v) is 23.2. The van der Waals surface area contributed by atoms with Crippen LogP contribution in [-0.4, -0.2) is 33.9 Å². The number of thiocarbonyl (C=S) groups is 1. The van der Waals surface area contributed by atoms with Gasteiger partial charge in [-0.25, -0.2) is 9.98 Å². The second-order valence-corrected chi connectivity index (χ2v) is 9.89. The number of nitrogens with two attached hydrogens (primary N) is 1. The monoisotopic (exact) mass is 527 g/mol. The van der Waals surface area contributed by atoms with Crippen molar-refractivity contribution in [2.24, 2.45) is 4.99 Å². The van der Waals surface area contributed by atoms with E-state index in [4.69, 9.17) is 10.7 Å². The molecule has 0 aliphatic carbocycles. The van der Waals surface area contributed by atoms with Crippen LogP contribution in [-0.2, 0) is 13.1 Å². The first kappa shape index (κ1) is 28.8. The molecule has 4 rings (SSSR count). The lowest BCUT2D eigenvalue weighted by atomic mass is 10.1. The SMILES string of the molecule is CC(C)(O)CNc1c(N)c(N(Cc2ccccc2)Cc2ccccc2)nc2ccccc12.CCCN=C=S. The van der Waals surface area contributed by atoms with Gasteiger partial charge in [-0.05, 0) is 49.7 Å². The van der Waals surface area contributed by atoms with Crippen LogP contribution >= 0.6 is 12.2 Å². The summed E-state index contributed by atoms with van der Waals surface area (Å²) in [5, 5.41) is 16.9. The topological polar surface area (TPSA) is 86.8 Å². The van der Waals surface area contributed by atoms with E-state index in [1.807, 2.05) is 60.7 Å². The van der Waals surface area contributed by atoms with E-state index in [9.17, 15) is 5.11 Å². The molecule has 0 fully saturated rings. The average Bonchev–Trinajstić information content (AvgIpc) is 2.92. The van der Waals surface area contributed by atoms with Gasteiger partial charge >= 0.3 is 0 Å². The van der Waals surface area contributed by atoms with Gasteiger partial charge in [0.15, 0.2) is 5.82 Å². The van der Waals surface area contributed by atoms with Gasteiger partial charge in [-0.2, -0.15) is 0 Å². The maximum Gasteiger partial charge on any atom is 0.155 e. The number of aliphatic imine (C=N–C) groups is 1. The number of nitrogens with one attached hydrogen (secondary N) is 1. The predicted molar refractivity (Wildman–Crippen MR) is 164 cm³/mol. The van der Waals surface area contributed by atoms with Crippen LogP contribution in [0.15, 0.2) is 89.9 Å². The highest BCUT2D eigenvalue weighted by atomic mass is 32.1.